The van der Waals surface area contributed by atoms with Gasteiger partial charge >= 0.3 is 0 Å². The Bertz CT molecular complexity index is 874. The Morgan fingerprint density at radius 3 is 2.32 bits per heavy atom. The molecule has 2 aromatic rings. The number of halogens is 2. The molecular weight excluding hydrogens is 496 g/mol. The molecule has 0 radical (unpaired) electrons. The van der Waals surface area contributed by atoms with Gasteiger partial charge in [-0.05, 0) is 36.2 Å². The highest BCUT2D eigenvalue weighted by Crippen LogP contribution is 2.14. The molecular formula is C19H25FIN3O3S. The first-order valence-electron chi connectivity index (χ1n) is 8.51. The number of sulfone groups is 1. The standard InChI is InChI=1S/C19H24FN3O3S.HI/c1-21-19(22-12-11-15-7-9-16(26-2)10-8-15)23-13-14-27(24,25)18-6-4-3-5-17(18)20;/h3-10H,11-14H2,1-2H3,(H2,21,22,23);1H. The molecule has 0 bridgehead atoms. The van der Waals surface area contributed by atoms with Gasteiger partial charge in [0.2, 0.25) is 0 Å². The van der Waals surface area contributed by atoms with Crippen LogP contribution in [0.25, 0.3) is 0 Å². The van der Waals surface area contributed by atoms with E-state index in [-0.39, 0.29) is 41.2 Å². The molecule has 28 heavy (non-hydrogen) atoms. The summed E-state index contributed by atoms with van der Waals surface area (Å²) in [6.07, 6.45) is 0.776. The number of guanidine groups is 1. The van der Waals surface area contributed by atoms with E-state index in [1.165, 1.54) is 18.2 Å². The lowest BCUT2D eigenvalue weighted by molar-refractivity contribution is 0.414. The average Bonchev–Trinajstić information content (AvgIpc) is 2.67. The van der Waals surface area contributed by atoms with Gasteiger partial charge in [0, 0.05) is 20.1 Å². The van der Waals surface area contributed by atoms with Gasteiger partial charge in [-0.15, -0.1) is 24.0 Å². The zero-order valence-corrected chi connectivity index (χ0v) is 19.0. The first kappa shape index (κ1) is 24.2. The minimum absolute atomic E-state index is 0. The minimum atomic E-state index is -3.70. The van der Waals surface area contributed by atoms with E-state index in [1.54, 1.807) is 14.2 Å². The predicted molar refractivity (Wildman–Crippen MR) is 120 cm³/mol. The van der Waals surface area contributed by atoms with Crippen molar-refractivity contribution in [2.75, 3.05) is 33.0 Å². The van der Waals surface area contributed by atoms with Gasteiger partial charge in [0.25, 0.3) is 0 Å². The largest absolute Gasteiger partial charge is 0.497 e. The average molecular weight is 521 g/mol. The second-order valence-corrected chi connectivity index (χ2v) is 7.85. The van der Waals surface area contributed by atoms with Crippen LogP contribution in [0.2, 0.25) is 0 Å². The highest BCUT2D eigenvalue weighted by molar-refractivity contribution is 14.0. The molecule has 2 N–H and O–H groups in total. The Balaban J connectivity index is 0.00000392. The van der Waals surface area contributed by atoms with E-state index in [2.05, 4.69) is 15.6 Å². The second kappa shape index (κ2) is 11.8. The number of aliphatic imine (C=N–C) groups is 1. The molecule has 0 atom stereocenters. The number of hydrogen-bond donors (Lipinski definition) is 2. The van der Waals surface area contributed by atoms with Crippen LogP contribution in [0.3, 0.4) is 0 Å². The number of methoxy groups -OCH3 is 1. The van der Waals surface area contributed by atoms with Crippen LogP contribution in [-0.2, 0) is 16.3 Å². The third-order valence-electron chi connectivity index (χ3n) is 3.92. The Morgan fingerprint density at radius 2 is 1.71 bits per heavy atom. The molecule has 0 saturated carbocycles. The summed E-state index contributed by atoms with van der Waals surface area (Å²) < 4.78 is 43.2. The Morgan fingerprint density at radius 1 is 1.07 bits per heavy atom. The van der Waals surface area contributed by atoms with Gasteiger partial charge < -0.3 is 15.4 Å². The van der Waals surface area contributed by atoms with Crippen LogP contribution in [0.4, 0.5) is 4.39 Å². The SMILES string of the molecule is CN=C(NCCc1ccc(OC)cc1)NCCS(=O)(=O)c1ccccc1F.I. The van der Waals surface area contributed by atoms with Gasteiger partial charge in [-0.2, -0.15) is 0 Å². The fourth-order valence-electron chi connectivity index (χ4n) is 2.45. The van der Waals surface area contributed by atoms with Crippen molar-refractivity contribution in [3.63, 3.8) is 0 Å². The number of hydrogen-bond acceptors (Lipinski definition) is 4. The molecule has 0 aliphatic heterocycles. The quantitative estimate of drug-likeness (QED) is 0.317. The zero-order chi connectivity index (χ0) is 19.7. The van der Waals surface area contributed by atoms with Crippen LogP contribution >= 0.6 is 24.0 Å². The third-order valence-corrected chi connectivity index (χ3v) is 5.67. The van der Waals surface area contributed by atoms with Crippen LogP contribution in [0.1, 0.15) is 5.56 Å². The van der Waals surface area contributed by atoms with Gasteiger partial charge in [0.1, 0.15) is 16.5 Å². The van der Waals surface area contributed by atoms with E-state index in [4.69, 9.17) is 4.74 Å². The van der Waals surface area contributed by atoms with Crippen LogP contribution in [-0.4, -0.2) is 47.4 Å². The maximum Gasteiger partial charge on any atom is 0.191 e. The molecule has 2 aromatic carbocycles. The molecule has 6 nitrogen and oxygen atoms in total. The number of nitrogens with one attached hydrogen (secondary N) is 2. The maximum atomic E-state index is 13.7. The number of nitrogens with zero attached hydrogens (tertiary/aromatic N) is 1. The number of rotatable bonds is 8. The fourth-order valence-corrected chi connectivity index (χ4v) is 3.69. The van der Waals surface area contributed by atoms with Crippen molar-refractivity contribution in [2.45, 2.75) is 11.3 Å². The summed E-state index contributed by atoms with van der Waals surface area (Å²) in [6, 6.07) is 13.1. The van der Waals surface area contributed by atoms with E-state index < -0.39 is 15.7 Å². The highest BCUT2D eigenvalue weighted by atomic mass is 127. The molecule has 0 spiro atoms. The van der Waals surface area contributed by atoms with Crippen molar-refractivity contribution >= 4 is 39.8 Å². The molecule has 0 amide bonds. The third kappa shape index (κ3) is 7.27. The molecule has 9 heteroatoms. The van der Waals surface area contributed by atoms with Crippen LogP contribution in [0, 0.1) is 5.82 Å². The molecule has 0 fully saturated rings. The number of benzene rings is 2. The lowest BCUT2D eigenvalue weighted by atomic mass is 10.1. The van der Waals surface area contributed by atoms with E-state index in [0.29, 0.717) is 12.5 Å². The van der Waals surface area contributed by atoms with Crippen molar-refractivity contribution in [3.05, 3.63) is 59.9 Å². The lowest BCUT2D eigenvalue weighted by Gasteiger charge is -2.12. The monoisotopic (exact) mass is 521 g/mol. The maximum absolute atomic E-state index is 13.7. The summed E-state index contributed by atoms with van der Waals surface area (Å²) in [5, 5.41) is 6.06. The topological polar surface area (TPSA) is 79.8 Å². The highest BCUT2D eigenvalue weighted by Gasteiger charge is 2.18. The van der Waals surface area contributed by atoms with E-state index in [9.17, 15) is 12.8 Å². The molecule has 0 aromatic heterocycles. The van der Waals surface area contributed by atoms with Gasteiger partial charge in [0.15, 0.2) is 15.8 Å². The summed E-state index contributed by atoms with van der Waals surface area (Å²) in [5.41, 5.74) is 1.14. The number of ether oxygens (including phenoxy) is 1. The van der Waals surface area contributed by atoms with E-state index in [0.717, 1.165) is 23.8 Å². The summed E-state index contributed by atoms with van der Waals surface area (Å²) in [7, 11) is -0.468. The second-order valence-electron chi connectivity index (χ2n) is 5.77. The predicted octanol–water partition coefficient (Wildman–Crippen LogP) is 2.63. The summed E-state index contributed by atoms with van der Waals surface area (Å²) in [4.78, 5) is 3.78. The summed E-state index contributed by atoms with van der Waals surface area (Å²) >= 11 is 0. The minimum Gasteiger partial charge on any atom is -0.497 e. The Hall–Kier alpha value is -1.88. The molecule has 0 unspecified atom stereocenters. The molecule has 0 saturated heterocycles. The van der Waals surface area contributed by atoms with E-state index in [1.807, 2.05) is 24.3 Å². The van der Waals surface area contributed by atoms with Gasteiger partial charge in [-0.3, -0.25) is 4.99 Å². The van der Waals surface area contributed by atoms with E-state index >= 15 is 0 Å². The Kier molecular flexibility index (Phi) is 10.2. The van der Waals surface area contributed by atoms with Crippen LogP contribution in [0.15, 0.2) is 58.4 Å². The van der Waals surface area contributed by atoms with Crippen molar-refractivity contribution < 1.29 is 17.5 Å². The first-order chi connectivity index (χ1) is 13.0. The molecule has 0 aliphatic carbocycles. The van der Waals surface area contributed by atoms with Crippen LogP contribution < -0.4 is 15.4 Å². The van der Waals surface area contributed by atoms with Crippen molar-refractivity contribution in [2.24, 2.45) is 4.99 Å². The summed E-state index contributed by atoms with van der Waals surface area (Å²) in [6.45, 7) is 0.755. The van der Waals surface area contributed by atoms with Crippen molar-refractivity contribution in [3.8, 4) is 5.75 Å². The molecule has 2 rings (SSSR count). The van der Waals surface area contributed by atoms with Gasteiger partial charge in [-0.1, -0.05) is 24.3 Å². The van der Waals surface area contributed by atoms with Crippen molar-refractivity contribution in [1.82, 2.24) is 10.6 Å². The molecule has 0 heterocycles. The molecule has 154 valence electrons. The van der Waals surface area contributed by atoms with Gasteiger partial charge in [-0.25, -0.2) is 12.8 Å². The summed E-state index contributed by atoms with van der Waals surface area (Å²) in [5.74, 6) is 0.333. The smallest absolute Gasteiger partial charge is 0.191 e. The normalized spacial score (nSPS) is 11.5. The van der Waals surface area contributed by atoms with Crippen molar-refractivity contribution in [1.29, 1.82) is 0 Å². The Labute approximate surface area is 182 Å². The molecule has 0 aliphatic rings. The lowest BCUT2D eigenvalue weighted by Crippen LogP contribution is -2.40. The van der Waals surface area contributed by atoms with Gasteiger partial charge in [0.05, 0.1) is 12.9 Å². The zero-order valence-electron chi connectivity index (χ0n) is 15.8. The van der Waals surface area contributed by atoms with Crippen LogP contribution in [0.5, 0.6) is 5.75 Å². The fraction of sp³-hybridized carbons (Fsp3) is 0.316. The first-order valence-corrected chi connectivity index (χ1v) is 10.2.